The van der Waals surface area contributed by atoms with Crippen LogP contribution in [-0.2, 0) is 0 Å². The molecule has 0 unspecified atom stereocenters. The summed E-state index contributed by atoms with van der Waals surface area (Å²) in [5.41, 5.74) is 0.850. The average molecular weight is 356 g/mol. The van der Waals surface area contributed by atoms with Crippen molar-refractivity contribution in [1.82, 2.24) is 14.9 Å². The van der Waals surface area contributed by atoms with Gasteiger partial charge in [0.05, 0.1) is 14.3 Å². The van der Waals surface area contributed by atoms with Gasteiger partial charge in [-0.3, -0.25) is 4.98 Å². The zero-order chi connectivity index (χ0) is 17.9. The minimum absolute atomic E-state index is 0.0421. The molecule has 7 heteroatoms. The molecule has 1 aromatic heterocycles. The predicted molar refractivity (Wildman–Crippen MR) is 104 cm³/mol. The van der Waals surface area contributed by atoms with Crippen LogP contribution in [0.15, 0.2) is 42.9 Å². The quantitative estimate of drug-likeness (QED) is 0.859. The Morgan fingerprint density at radius 2 is 1.72 bits per heavy atom. The van der Waals surface area contributed by atoms with E-state index in [9.17, 15) is 4.79 Å². The predicted octanol–water partition coefficient (Wildman–Crippen LogP) is 2.38. The molecule has 1 aliphatic rings. The van der Waals surface area contributed by atoms with E-state index in [0.717, 1.165) is 24.6 Å². The Kier molecular flexibility index (Phi) is 5.03. The summed E-state index contributed by atoms with van der Waals surface area (Å²) in [6, 6.07) is 8.23. The Balaban J connectivity index is 1.54. The van der Waals surface area contributed by atoms with Crippen LogP contribution in [0.25, 0.3) is 0 Å². The second-order valence-electron chi connectivity index (χ2n) is 7.30. The number of carbonyl (C=O) groups is 1. The summed E-state index contributed by atoms with van der Waals surface area (Å²) in [7, 11) is -1.31. The number of hydrogen-bond acceptors (Lipinski definition) is 4. The van der Waals surface area contributed by atoms with Crippen molar-refractivity contribution in [3.05, 3.63) is 42.9 Å². The summed E-state index contributed by atoms with van der Waals surface area (Å²) in [6.45, 7) is 9.83. The number of carbonyl (C=O) groups excluding carboxylic acids is 1. The number of rotatable bonds is 3. The number of amides is 2. The number of nitrogens with zero attached hydrogens (tertiary/aromatic N) is 4. The molecule has 0 spiro atoms. The van der Waals surface area contributed by atoms with E-state index in [0.29, 0.717) is 13.1 Å². The standard InChI is InChI=1S/C18H25N5OSi/c1-25(2,3)16-6-4-15(5-7-16)21-18(24)23-12-10-22(11-13-23)17-14-19-8-9-20-17/h4-9,14H,10-13H2,1-3H3,(H,21,24). The lowest BCUT2D eigenvalue weighted by atomic mass is 10.3. The summed E-state index contributed by atoms with van der Waals surface area (Å²) in [6.07, 6.45) is 5.12. The SMILES string of the molecule is C[Si](C)(C)c1ccc(NC(=O)N2CCN(c3cnccn3)CC2)cc1. The summed E-state index contributed by atoms with van der Waals surface area (Å²) >= 11 is 0. The molecule has 25 heavy (non-hydrogen) atoms. The molecule has 1 aromatic carbocycles. The van der Waals surface area contributed by atoms with Gasteiger partial charge in [0.1, 0.15) is 5.82 Å². The molecule has 0 atom stereocenters. The molecule has 0 aliphatic carbocycles. The molecule has 132 valence electrons. The van der Waals surface area contributed by atoms with E-state index in [1.54, 1.807) is 18.6 Å². The number of hydrogen-bond donors (Lipinski definition) is 1. The molecule has 3 rings (SSSR count). The fraction of sp³-hybridized carbons (Fsp3) is 0.389. The Morgan fingerprint density at radius 1 is 1.04 bits per heavy atom. The van der Waals surface area contributed by atoms with Crippen molar-refractivity contribution in [2.24, 2.45) is 0 Å². The third-order valence-corrected chi connectivity index (χ3v) is 6.51. The van der Waals surface area contributed by atoms with Gasteiger partial charge in [-0.25, -0.2) is 9.78 Å². The van der Waals surface area contributed by atoms with Gasteiger partial charge in [-0.05, 0) is 12.1 Å². The molecule has 6 nitrogen and oxygen atoms in total. The first-order valence-electron chi connectivity index (χ1n) is 8.61. The molecular weight excluding hydrogens is 330 g/mol. The summed E-state index contributed by atoms with van der Waals surface area (Å²) in [5, 5.41) is 4.39. The van der Waals surface area contributed by atoms with Gasteiger partial charge in [0.25, 0.3) is 0 Å². The molecule has 1 N–H and O–H groups in total. The average Bonchev–Trinajstić information content (AvgIpc) is 2.62. The van der Waals surface area contributed by atoms with Crippen molar-refractivity contribution in [3.8, 4) is 0 Å². The molecule has 0 radical (unpaired) electrons. The van der Waals surface area contributed by atoms with Crippen molar-refractivity contribution in [1.29, 1.82) is 0 Å². The normalized spacial score (nSPS) is 15.2. The maximum Gasteiger partial charge on any atom is 0.321 e. The van der Waals surface area contributed by atoms with Crippen LogP contribution in [0.4, 0.5) is 16.3 Å². The Labute approximate surface area is 149 Å². The lowest BCUT2D eigenvalue weighted by molar-refractivity contribution is 0.208. The number of nitrogens with one attached hydrogen (secondary N) is 1. The Bertz CT molecular complexity index is 706. The van der Waals surface area contributed by atoms with Gasteiger partial charge in [-0.15, -0.1) is 0 Å². The molecule has 1 fully saturated rings. The summed E-state index contributed by atoms with van der Waals surface area (Å²) < 4.78 is 0. The minimum Gasteiger partial charge on any atom is -0.352 e. The van der Waals surface area contributed by atoms with Crippen LogP contribution in [0.2, 0.25) is 19.6 Å². The van der Waals surface area contributed by atoms with Crippen molar-refractivity contribution in [2.45, 2.75) is 19.6 Å². The highest BCUT2D eigenvalue weighted by molar-refractivity contribution is 6.88. The third kappa shape index (κ3) is 4.36. The van der Waals surface area contributed by atoms with E-state index in [1.165, 1.54) is 5.19 Å². The van der Waals surface area contributed by atoms with Gasteiger partial charge in [0.15, 0.2) is 0 Å². The fourth-order valence-electron chi connectivity index (χ4n) is 2.85. The lowest BCUT2D eigenvalue weighted by Gasteiger charge is -2.35. The maximum absolute atomic E-state index is 12.5. The van der Waals surface area contributed by atoms with Gasteiger partial charge < -0.3 is 15.1 Å². The van der Waals surface area contributed by atoms with E-state index in [1.807, 2.05) is 17.0 Å². The van der Waals surface area contributed by atoms with Gasteiger partial charge in [0.2, 0.25) is 0 Å². The van der Waals surface area contributed by atoms with Gasteiger partial charge >= 0.3 is 6.03 Å². The van der Waals surface area contributed by atoms with Crippen LogP contribution in [0.1, 0.15) is 0 Å². The summed E-state index contributed by atoms with van der Waals surface area (Å²) in [4.78, 5) is 24.9. The highest BCUT2D eigenvalue weighted by Gasteiger charge is 2.22. The zero-order valence-electron chi connectivity index (χ0n) is 15.1. The topological polar surface area (TPSA) is 61.4 Å². The van der Waals surface area contributed by atoms with Crippen LogP contribution in [-0.4, -0.2) is 55.2 Å². The van der Waals surface area contributed by atoms with E-state index in [-0.39, 0.29) is 6.03 Å². The Morgan fingerprint density at radius 3 is 2.28 bits per heavy atom. The van der Waals surface area contributed by atoms with Crippen molar-refractivity contribution in [2.75, 3.05) is 36.4 Å². The number of piperazine rings is 1. The first-order chi connectivity index (χ1) is 11.9. The van der Waals surface area contributed by atoms with Crippen LogP contribution in [0.3, 0.4) is 0 Å². The lowest BCUT2D eigenvalue weighted by Crippen LogP contribution is -2.50. The largest absolute Gasteiger partial charge is 0.352 e. The van der Waals surface area contributed by atoms with Crippen LogP contribution in [0.5, 0.6) is 0 Å². The molecular formula is C18H25N5OSi. The zero-order valence-corrected chi connectivity index (χ0v) is 16.1. The first-order valence-corrected chi connectivity index (χ1v) is 12.1. The van der Waals surface area contributed by atoms with Crippen LogP contribution >= 0.6 is 0 Å². The van der Waals surface area contributed by atoms with E-state index in [4.69, 9.17) is 0 Å². The molecule has 0 saturated carbocycles. The van der Waals surface area contributed by atoms with Crippen molar-refractivity contribution >= 4 is 30.8 Å². The van der Waals surface area contributed by atoms with Crippen molar-refractivity contribution < 1.29 is 4.79 Å². The van der Waals surface area contributed by atoms with Crippen LogP contribution in [0, 0.1) is 0 Å². The summed E-state index contributed by atoms with van der Waals surface area (Å²) in [5.74, 6) is 0.865. The van der Waals surface area contributed by atoms with E-state index in [2.05, 4.69) is 52.0 Å². The monoisotopic (exact) mass is 355 g/mol. The maximum atomic E-state index is 12.5. The van der Waals surface area contributed by atoms with E-state index < -0.39 is 8.07 Å². The fourth-order valence-corrected chi connectivity index (χ4v) is 4.02. The van der Waals surface area contributed by atoms with Gasteiger partial charge in [0, 0.05) is 44.3 Å². The number of benzene rings is 1. The number of aromatic nitrogens is 2. The number of anilines is 2. The number of urea groups is 1. The molecule has 1 saturated heterocycles. The van der Waals surface area contributed by atoms with Gasteiger partial charge in [-0.1, -0.05) is 37.0 Å². The van der Waals surface area contributed by atoms with Crippen molar-refractivity contribution in [3.63, 3.8) is 0 Å². The minimum atomic E-state index is -1.31. The van der Waals surface area contributed by atoms with Crippen LogP contribution < -0.4 is 15.4 Å². The first kappa shape index (κ1) is 17.4. The van der Waals surface area contributed by atoms with E-state index >= 15 is 0 Å². The molecule has 2 heterocycles. The molecule has 2 aromatic rings. The second-order valence-corrected chi connectivity index (χ2v) is 12.4. The highest BCUT2D eigenvalue weighted by Crippen LogP contribution is 2.13. The van der Waals surface area contributed by atoms with Gasteiger partial charge in [-0.2, -0.15) is 0 Å². The molecule has 0 bridgehead atoms. The smallest absolute Gasteiger partial charge is 0.321 e. The second kappa shape index (κ2) is 7.22. The highest BCUT2D eigenvalue weighted by atomic mass is 28.3. The molecule has 2 amide bonds. The molecule has 1 aliphatic heterocycles. The third-order valence-electron chi connectivity index (χ3n) is 4.44. The Hall–Kier alpha value is -2.41.